The zero-order valence-corrected chi connectivity index (χ0v) is 20.3. The van der Waals surface area contributed by atoms with E-state index in [1.54, 1.807) is 0 Å². The molecule has 5 aromatic rings. The first kappa shape index (κ1) is 25.6. The Bertz CT molecular complexity index is 1820. The highest BCUT2D eigenvalue weighted by molar-refractivity contribution is 7.91. The number of nitrogens with zero attached hydrogens (tertiary/aromatic N) is 6. The lowest BCUT2D eigenvalue weighted by Crippen LogP contribution is -2.07. The van der Waals surface area contributed by atoms with Gasteiger partial charge < -0.3 is 4.57 Å². The van der Waals surface area contributed by atoms with Gasteiger partial charge in [-0.1, -0.05) is 19.1 Å². The van der Waals surface area contributed by atoms with Crippen LogP contribution in [0.1, 0.15) is 18.1 Å². The van der Waals surface area contributed by atoms with Crippen molar-refractivity contribution in [2.75, 3.05) is 5.75 Å². The Hall–Kier alpha value is -4.01. The molecule has 4 aromatic heterocycles. The summed E-state index contributed by atoms with van der Waals surface area (Å²) in [6.45, 7) is 1.37. The summed E-state index contributed by atoms with van der Waals surface area (Å²) in [5, 5.41) is 3.73. The molecule has 0 unspecified atom stereocenters. The fourth-order valence-electron chi connectivity index (χ4n) is 4.00. The van der Waals surface area contributed by atoms with E-state index in [1.807, 2.05) is 0 Å². The number of fused-ring (bicyclic) bond motifs is 2. The number of benzene rings is 1. The first-order valence-electron chi connectivity index (χ1n) is 10.9. The van der Waals surface area contributed by atoms with E-state index >= 15 is 0 Å². The van der Waals surface area contributed by atoms with E-state index in [0.717, 1.165) is 22.7 Å². The smallest absolute Gasteiger partial charge is 0.312 e. The number of halogens is 6. The van der Waals surface area contributed by atoms with Crippen LogP contribution in [0.3, 0.4) is 0 Å². The Morgan fingerprint density at radius 1 is 0.921 bits per heavy atom. The number of hydrogen-bond donors (Lipinski definition) is 0. The summed E-state index contributed by atoms with van der Waals surface area (Å²) < 4.78 is 108. The number of rotatable bonds is 4. The molecule has 0 saturated carbocycles. The predicted octanol–water partition coefficient (Wildman–Crippen LogP) is 5.18. The average Bonchev–Trinajstić information content (AvgIpc) is 3.41. The third-order valence-electron chi connectivity index (χ3n) is 5.91. The van der Waals surface area contributed by atoms with Gasteiger partial charge in [-0.3, -0.25) is 0 Å². The Labute approximate surface area is 210 Å². The van der Waals surface area contributed by atoms with Crippen molar-refractivity contribution < 1.29 is 34.8 Å². The predicted molar refractivity (Wildman–Crippen MR) is 124 cm³/mol. The molecule has 0 bridgehead atoms. The van der Waals surface area contributed by atoms with Gasteiger partial charge >= 0.3 is 12.4 Å². The van der Waals surface area contributed by atoms with Gasteiger partial charge in [0.05, 0.1) is 22.6 Å². The van der Waals surface area contributed by atoms with E-state index in [1.165, 1.54) is 42.9 Å². The Morgan fingerprint density at radius 3 is 2.29 bits per heavy atom. The van der Waals surface area contributed by atoms with Crippen LogP contribution in [0.2, 0.25) is 0 Å². The van der Waals surface area contributed by atoms with Crippen molar-refractivity contribution in [1.29, 1.82) is 0 Å². The fourth-order valence-corrected chi connectivity index (χ4v) is 4.98. The molecule has 198 valence electrons. The van der Waals surface area contributed by atoms with Gasteiger partial charge in [-0.15, -0.1) is 0 Å². The maximum absolute atomic E-state index is 13.3. The minimum Gasteiger partial charge on any atom is -0.312 e. The summed E-state index contributed by atoms with van der Waals surface area (Å²) in [7, 11) is -2.62. The maximum Gasteiger partial charge on any atom is 0.417 e. The summed E-state index contributed by atoms with van der Waals surface area (Å²) in [5.74, 6) is -0.467. The number of hydrogen-bond acceptors (Lipinski definition) is 6. The largest absolute Gasteiger partial charge is 0.417 e. The molecule has 0 fully saturated rings. The quantitative estimate of drug-likeness (QED) is 0.285. The van der Waals surface area contributed by atoms with Gasteiger partial charge in [0.1, 0.15) is 16.9 Å². The molecule has 1 aromatic carbocycles. The standard InChI is InChI=1S/C23H16F6N6O2S/c1-3-38(36,37)21-17(20-32-15-10-14(23(27,28)29)11-31-18(15)34(20)2)19-30-8-7-16(35(19)33-21)12-5-4-6-13(9-12)22(24,25)26/h4-11H,3H2,1-2H3. The van der Waals surface area contributed by atoms with Gasteiger partial charge in [0.15, 0.2) is 26.2 Å². The normalized spacial score (nSPS) is 13.1. The minimum absolute atomic E-state index is 0.0428. The van der Waals surface area contributed by atoms with E-state index < -0.39 is 38.3 Å². The molecule has 8 nitrogen and oxygen atoms in total. The molecular weight excluding hydrogens is 538 g/mol. The first-order valence-corrected chi connectivity index (χ1v) is 12.6. The highest BCUT2D eigenvalue weighted by atomic mass is 32.2. The molecule has 0 aliphatic heterocycles. The molecule has 5 rings (SSSR count). The zero-order valence-electron chi connectivity index (χ0n) is 19.5. The van der Waals surface area contributed by atoms with Gasteiger partial charge in [-0.05, 0) is 24.3 Å². The van der Waals surface area contributed by atoms with Gasteiger partial charge in [0.25, 0.3) is 0 Å². The molecule has 0 spiro atoms. The molecule has 0 saturated heterocycles. The van der Waals surface area contributed by atoms with E-state index in [9.17, 15) is 34.8 Å². The molecule has 0 radical (unpaired) electrons. The Morgan fingerprint density at radius 2 is 1.63 bits per heavy atom. The number of imidazole rings is 1. The van der Waals surface area contributed by atoms with E-state index in [2.05, 4.69) is 20.1 Å². The summed E-state index contributed by atoms with van der Waals surface area (Å²) >= 11 is 0. The van der Waals surface area contributed by atoms with Crippen molar-refractivity contribution >= 4 is 26.6 Å². The third-order valence-corrected chi connectivity index (χ3v) is 7.54. The van der Waals surface area contributed by atoms with E-state index in [0.29, 0.717) is 6.20 Å². The van der Waals surface area contributed by atoms with Gasteiger partial charge in [0, 0.05) is 25.0 Å². The first-order chi connectivity index (χ1) is 17.7. The van der Waals surface area contributed by atoms with Crippen molar-refractivity contribution in [2.24, 2.45) is 7.05 Å². The Kier molecular flexibility index (Phi) is 5.74. The van der Waals surface area contributed by atoms with Crippen molar-refractivity contribution in [3.63, 3.8) is 0 Å². The zero-order chi connectivity index (χ0) is 27.6. The molecule has 4 heterocycles. The lowest BCUT2D eigenvalue weighted by atomic mass is 10.1. The third kappa shape index (κ3) is 4.15. The van der Waals surface area contributed by atoms with Gasteiger partial charge in [-0.2, -0.15) is 31.4 Å². The topological polar surface area (TPSA) is 95.0 Å². The lowest BCUT2D eigenvalue weighted by Gasteiger charge is -2.10. The Balaban J connectivity index is 1.82. The molecular formula is C23H16F6N6O2S. The van der Waals surface area contributed by atoms with Crippen LogP contribution in [0, 0.1) is 0 Å². The highest BCUT2D eigenvalue weighted by Gasteiger charge is 2.34. The second-order valence-corrected chi connectivity index (χ2v) is 10.5. The molecule has 0 amide bonds. The van der Waals surface area contributed by atoms with Crippen LogP contribution in [-0.2, 0) is 29.2 Å². The van der Waals surface area contributed by atoms with Gasteiger partial charge in [-0.25, -0.2) is 27.9 Å². The van der Waals surface area contributed by atoms with Crippen LogP contribution in [0.25, 0.3) is 39.5 Å². The second-order valence-electron chi connectivity index (χ2n) is 8.29. The van der Waals surface area contributed by atoms with Crippen molar-refractivity contribution in [3.8, 4) is 22.6 Å². The highest BCUT2D eigenvalue weighted by Crippen LogP contribution is 2.37. The van der Waals surface area contributed by atoms with Crippen molar-refractivity contribution in [2.45, 2.75) is 24.3 Å². The number of aryl methyl sites for hydroxylation is 1. The number of sulfone groups is 1. The molecule has 15 heteroatoms. The monoisotopic (exact) mass is 554 g/mol. The van der Waals surface area contributed by atoms with Crippen LogP contribution in [0.4, 0.5) is 26.3 Å². The molecule has 38 heavy (non-hydrogen) atoms. The lowest BCUT2D eigenvalue weighted by molar-refractivity contribution is -0.138. The average molecular weight is 554 g/mol. The van der Waals surface area contributed by atoms with Crippen molar-refractivity contribution in [1.82, 2.24) is 29.1 Å². The number of alkyl halides is 6. The van der Waals surface area contributed by atoms with E-state index in [4.69, 9.17) is 0 Å². The number of aromatic nitrogens is 6. The minimum atomic E-state index is -4.68. The van der Waals surface area contributed by atoms with Crippen LogP contribution in [0.5, 0.6) is 0 Å². The van der Waals surface area contributed by atoms with Crippen LogP contribution >= 0.6 is 0 Å². The fraction of sp³-hybridized carbons (Fsp3) is 0.217. The number of pyridine rings is 1. The summed E-state index contributed by atoms with van der Waals surface area (Å²) in [6.07, 6.45) is -7.40. The molecule has 0 atom stereocenters. The summed E-state index contributed by atoms with van der Waals surface area (Å²) in [6, 6.07) is 6.54. The second kappa shape index (κ2) is 8.51. The molecule has 0 aliphatic carbocycles. The van der Waals surface area contributed by atoms with Crippen LogP contribution in [0.15, 0.2) is 53.8 Å². The summed E-state index contributed by atoms with van der Waals surface area (Å²) in [5.41, 5.74) is -2.06. The van der Waals surface area contributed by atoms with Crippen molar-refractivity contribution in [3.05, 3.63) is 59.9 Å². The van der Waals surface area contributed by atoms with E-state index in [-0.39, 0.29) is 45.2 Å². The van der Waals surface area contributed by atoms with Crippen LogP contribution < -0.4 is 0 Å². The van der Waals surface area contributed by atoms with Crippen LogP contribution in [-0.4, -0.2) is 43.3 Å². The molecule has 0 aliphatic rings. The molecule has 0 N–H and O–H groups in total. The maximum atomic E-state index is 13.3. The van der Waals surface area contributed by atoms with Gasteiger partial charge in [0.2, 0.25) is 0 Å². The SMILES string of the molecule is CCS(=O)(=O)c1nn2c(-c3cccc(C(F)(F)F)c3)ccnc2c1-c1nc2cc(C(F)(F)F)cnc2n1C. The summed E-state index contributed by atoms with van der Waals surface area (Å²) in [4.78, 5) is 12.3.